The van der Waals surface area contributed by atoms with Crippen LogP contribution in [0.1, 0.15) is 10.5 Å². The molecule has 0 atom stereocenters. The van der Waals surface area contributed by atoms with Gasteiger partial charge in [-0.15, -0.1) is 11.3 Å². The third-order valence-corrected chi connectivity index (χ3v) is 2.00. The van der Waals surface area contributed by atoms with Crippen LogP contribution in [0.25, 0.3) is 11.5 Å². The zero-order chi connectivity index (χ0) is 9.26. The van der Waals surface area contributed by atoms with Crippen LogP contribution in [0.5, 0.6) is 0 Å². The van der Waals surface area contributed by atoms with E-state index >= 15 is 0 Å². The van der Waals surface area contributed by atoms with E-state index in [9.17, 15) is 4.79 Å². The average molecular weight is 196 g/mol. The molecule has 0 saturated carbocycles. The van der Waals surface area contributed by atoms with Crippen LogP contribution >= 0.6 is 11.3 Å². The Labute approximate surface area is 76.6 Å². The molecular formula is C7H4N2O3S. The zero-order valence-corrected chi connectivity index (χ0v) is 7.11. The second-order valence-electron chi connectivity index (χ2n) is 2.26. The molecule has 0 bridgehead atoms. The summed E-state index contributed by atoms with van der Waals surface area (Å²) in [5.41, 5.74) is 2.13. The van der Waals surface area contributed by atoms with E-state index in [1.807, 2.05) is 0 Å². The molecular weight excluding hydrogens is 192 g/mol. The molecule has 0 spiro atoms. The van der Waals surface area contributed by atoms with E-state index in [-0.39, 0.29) is 5.69 Å². The summed E-state index contributed by atoms with van der Waals surface area (Å²) in [6.07, 6.45) is 0. The molecule has 0 aliphatic rings. The van der Waals surface area contributed by atoms with Crippen LogP contribution < -0.4 is 0 Å². The van der Waals surface area contributed by atoms with Gasteiger partial charge in [-0.25, -0.2) is 9.78 Å². The minimum absolute atomic E-state index is 0.108. The Morgan fingerprint density at radius 2 is 2.46 bits per heavy atom. The summed E-state index contributed by atoms with van der Waals surface area (Å²) in [5.74, 6) is -0.733. The zero-order valence-electron chi connectivity index (χ0n) is 6.30. The minimum Gasteiger partial charge on any atom is -0.476 e. The van der Waals surface area contributed by atoms with Gasteiger partial charge in [0.25, 0.3) is 0 Å². The molecule has 0 aromatic carbocycles. The van der Waals surface area contributed by atoms with Crippen molar-refractivity contribution in [1.29, 1.82) is 0 Å². The first-order valence-electron chi connectivity index (χ1n) is 3.36. The predicted molar refractivity (Wildman–Crippen MR) is 44.6 cm³/mol. The second-order valence-corrected chi connectivity index (χ2v) is 2.97. The van der Waals surface area contributed by atoms with Crippen molar-refractivity contribution in [1.82, 2.24) is 10.1 Å². The van der Waals surface area contributed by atoms with E-state index in [2.05, 4.69) is 10.1 Å². The first kappa shape index (κ1) is 7.93. The van der Waals surface area contributed by atoms with Crippen molar-refractivity contribution in [3.05, 3.63) is 22.7 Å². The van der Waals surface area contributed by atoms with Crippen LogP contribution in [0.3, 0.4) is 0 Å². The van der Waals surface area contributed by atoms with Crippen LogP contribution in [-0.2, 0) is 0 Å². The van der Waals surface area contributed by atoms with Gasteiger partial charge in [-0.2, -0.15) is 0 Å². The highest BCUT2D eigenvalue weighted by Gasteiger charge is 2.12. The molecule has 0 aliphatic carbocycles. The summed E-state index contributed by atoms with van der Waals surface area (Å²) >= 11 is 1.41. The lowest BCUT2D eigenvalue weighted by Crippen LogP contribution is -1.94. The van der Waals surface area contributed by atoms with Crippen molar-refractivity contribution in [2.75, 3.05) is 0 Å². The Hall–Kier alpha value is -1.69. The second kappa shape index (κ2) is 2.98. The van der Waals surface area contributed by atoms with Crippen LogP contribution in [-0.4, -0.2) is 21.2 Å². The summed E-state index contributed by atoms with van der Waals surface area (Å²) in [7, 11) is 0. The number of carboxylic acids is 1. The lowest BCUT2D eigenvalue weighted by Gasteiger charge is -1.81. The third kappa shape index (κ3) is 1.43. The van der Waals surface area contributed by atoms with Crippen LogP contribution in [0.15, 0.2) is 21.5 Å². The van der Waals surface area contributed by atoms with Gasteiger partial charge in [-0.1, -0.05) is 5.16 Å². The van der Waals surface area contributed by atoms with Gasteiger partial charge in [0.2, 0.25) is 0 Å². The topological polar surface area (TPSA) is 76.2 Å². The quantitative estimate of drug-likeness (QED) is 0.787. The van der Waals surface area contributed by atoms with Gasteiger partial charge in [0.15, 0.2) is 11.5 Å². The Morgan fingerprint density at radius 1 is 1.62 bits per heavy atom. The van der Waals surface area contributed by atoms with Gasteiger partial charge in [-0.3, -0.25) is 0 Å². The Morgan fingerprint density at radius 3 is 3.00 bits per heavy atom. The van der Waals surface area contributed by atoms with Gasteiger partial charge in [0.05, 0.1) is 5.51 Å². The van der Waals surface area contributed by atoms with Gasteiger partial charge in [0.1, 0.15) is 5.69 Å². The van der Waals surface area contributed by atoms with Gasteiger partial charge >= 0.3 is 5.97 Å². The molecule has 66 valence electrons. The number of carbonyl (C=O) groups is 1. The molecule has 0 amide bonds. The standard InChI is InChI=1S/C7H4N2O3S/c10-7(11)4-1-6(12-9-4)5-2-13-3-8-5/h1-3H,(H,10,11). The lowest BCUT2D eigenvalue weighted by atomic mass is 10.3. The molecule has 1 N–H and O–H groups in total. The molecule has 5 nitrogen and oxygen atoms in total. The number of nitrogens with zero attached hydrogens (tertiary/aromatic N) is 2. The number of hydrogen-bond donors (Lipinski definition) is 1. The highest BCUT2D eigenvalue weighted by molar-refractivity contribution is 7.07. The molecule has 0 fully saturated rings. The third-order valence-electron chi connectivity index (χ3n) is 1.41. The normalized spacial score (nSPS) is 10.2. The summed E-state index contributed by atoms with van der Waals surface area (Å²) in [6, 6.07) is 1.34. The number of thiazole rings is 1. The van der Waals surface area contributed by atoms with Gasteiger partial charge in [-0.05, 0) is 0 Å². The van der Waals surface area contributed by atoms with Crippen molar-refractivity contribution in [2.45, 2.75) is 0 Å². The number of rotatable bonds is 2. The maximum absolute atomic E-state index is 10.4. The largest absolute Gasteiger partial charge is 0.476 e. The number of aromatic nitrogens is 2. The Bertz CT molecular complexity index is 421. The summed E-state index contributed by atoms with van der Waals surface area (Å²) in [6.45, 7) is 0. The van der Waals surface area contributed by atoms with Crippen molar-refractivity contribution in [2.24, 2.45) is 0 Å². The fourth-order valence-corrected chi connectivity index (χ4v) is 1.37. The molecule has 0 unspecified atom stereocenters. The maximum Gasteiger partial charge on any atom is 0.358 e. The van der Waals surface area contributed by atoms with Crippen molar-refractivity contribution in [3.8, 4) is 11.5 Å². The van der Waals surface area contributed by atoms with E-state index in [0.717, 1.165) is 0 Å². The Balaban J connectivity index is 2.39. The van der Waals surface area contributed by atoms with E-state index in [1.165, 1.54) is 17.4 Å². The molecule has 2 aromatic heterocycles. The highest BCUT2D eigenvalue weighted by atomic mass is 32.1. The molecule has 6 heteroatoms. The van der Waals surface area contributed by atoms with E-state index in [4.69, 9.17) is 9.63 Å². The molecule has 13 heavy (non-hydrogen) atoms. The Kier molecular flexibility index (Phi) is 1.82. The molecule has 0 saturated heterocycles. The molecule has 2 heterocycles. The molecule has 2 rings (SSSR count). The van der Waals surface area contributed by atoms with E-state index in [0.29, 0.717) is 11.5 Å². The van der Waals surface area contributed by atoms with E-state index in [1.54, 1.807) is 10.9 Å². The van der Waals surface area contributed by atoms with Crippen molar-refractivity contribution >= 4 is 17.3 Å². The van der Waals surface area contributed by atoms with Crippen LogP contribution in [0, 0.1) is 0 Å². The molecule has 0 radical (unpaired) electrons. The number of aromatic carboxylic acids is 1. The monoisotopic (exact) mass is 196 g/mol. The van der Waals surface area contributed by atoms with Gasteiger partial charge < -0.3 is 9.63 Å². The van der Waals surface area contributed by atoms with Crippen LogP contribution in [0.4, 0.5) is 0 Å². The number of carboxylic acid groups (broad SMARTS) is 1. The smallest absolute Gasteiger partial charge is 0.358 e. The highest BCUT2D eigenvalue weighted by Crippen LogP contribution is 2.19. The predicted octanol–water partition coefficient (Wildman–Crippen LogP) is 1.50. The fraction of sp³-hybridized carbons (Fsp3) is 0. The van der Waals surface area contributed by atoms with Crippen molar-refractivity contribution < 1.29 is 14.4 Å². The lowest BCUT2D eigenvalue weighted by molar-refractivity contribution is 0.0686. The van der Waals surface area contributed by atoms with Crippen LogP contribution in [0.2, 0.25) is 0 Å². The fourth-order valence-electron chi connectivity index (χ4n) is 0.831. The summed E-state index contributed by atoms with van der Waals surface area (Å²) < 4.78 is 4.78. The van der Waals surface area contributed by atoms with Gasteiger partial charge in [0, 0.05) is 11.4 Å². The first-order chi connectivity index (χ1) is 6.27. The average Bonchev–Trinajstić information content (AvgIpc) is 2.75. The summed E-state index contributed by atoms with van der Waals surface area (Å²) in [5, 5.41) is 13.7. The van der Waals surface area contributed by atoms with E-state index < -0.39 is 5.97 Å². The molecule has 0 aliphatic heterocycles. The maximum atomic E-state index is 10.4. The summed E-state index contributed by atoms with van der Waals surface area (Å²) in [4.78, 5) is 14.4. The van der Waals surface area contributed by atoms with Crippen molar-refractivity contribution in [3.63, 3.8) is 0 Å². The minimum atomic E-state index is -1.11. The number of hydrogen-bond acceptors (Lipinski definition) is 5. The SMILES string of the molecule is O=C(O)c1cc(-c2cscn2)on1. The molecule has 2 aromatic rings. The first-order valence-corrected chi connectivity index (χ1v) is 4.30.